The van der Waals surface area contributed by atoms with Gasteiger partial charge in [0.15, 0.2) is 0 Å². The van der Waals surface area contributed by atoms with Crippen LogP contribution in [0.4, 0.5) is 4.39 Å². The van der Waals surface area contributed by atoms with Gasteiger partial charge in [-0.3, -0.25) is 0 Å². The van der Waals surface area contributed by atoms with Gasteiger partial charge in [-0.05, 0) is 24.0 Å². The van der Waals surface area contributed by atoms with E-state index in [1.165, 1.54) is 0 Å². The lowest BCUT2D eigenvalue weighted by molar-refractivity contribution is 0.319. The van der Waals surface area contributed by atoms with Crippen LogP contribution in [0.2, 0.25) is 5.02 Å². The number of aryl methyl sites for hydroxylation is 1. The van der Waals surface area contributed by atoms with Crippen LogP contribution in [0.25, 0.3) is 0 Å². The lowest BCUT2D eigenvalue weighted by Gasteiger charge is -2.28. The standard InChI is InChI=1S/C12H17ClFN/c1-7-5-6-8(13)9(10(7)14)11(15)12(2,3)4/h5-6,11H,15H2,1-4H3/t11-/m1/s1. The molecular weight excluding hydrogens is 213 g/mol. The number of halogens is 2. The van der Waals surface area contributed by atoms with E-state index in [0.29, 0.717) is 16.1 Å². The summed E-state index contributed by atoms with van der Waals surface area (Å²) in [7, 11) is 0. The maximum Gasteiger partial charge on any atom is 0.132 e. The minimum Gasteiger partial charge on any atom is -0.323 e. The van der Waals surface area contributed by atoms with Gasteiger partial charge in [-0.1, -0.05) is 38.4 Å². The zero-order valence-electron chi connectivity index (χ0n) is 9.57. The Morgan fingerprint density at radius 3 is 2.33 bits per heavy atom. The first-order valence-electron chi connectivity index (χ1n) is 4.95. The highest BCUT2D eigenvalue weighted by Gasteiger charge is 2.27. The zero-order valence-corrected chi connectivity index (χ0v) is 10.3. The average Bonchev–Trinajstić information content (AvgIpc) is 2.10. The molecule has 0 unspecified atom stereocenters. The Kier molecular flexibility index (Phi) is 3.41. The maximum atomic E-state index is 13.9. The van der Waals surface area contributed by atoms with E-state index >= 15 is 0 Å². The van der Waals surface area contributed by atoms with Gasteiger partial charge in [0.1, 0.15) is 5.82 Å². The van der Waals surface area contributed by atoms with Crippen molar-refractivity contribution in [2.75, 3.05) is 0 Å². The molecule has 0 aliphatic rings. The molecule has 0 spiro atoms. The second kappa shape index (κ2) is 4.11. The smallest absolute Gasteiger partial charge is 0.132 e. The fourth-order valence-electron chi connectivity index (χ4n) is 1.40. The quantitative estimate of drug-likeness (QED) is 0.778. The van der Waals surface area contributed by atoms with Gasteiger partial charge in [-0.25, -0.2) is 4.39 Å². The molecule has 0 aliphatic carbocycles. The largest absolute Gasteiger partial charge is 0.323 e. The first-order chi connectivity index (χ1) is 6.75. The molecule has 0 amide bonds. The molecule has 3 heteroatoms. The summed E-state index contributed by atoms with van der Waals surface area (Å²) in [5, 5.41) is 0.403. The van der Waals surface area contributed by atoms with Gasteiger partial charge in [-0.15, -0.1) is 0 Å². The molecule has 84 valence electrons. The van der Waals surface area contributed by atoms with Gasteiger partial charge in [0, 0.05) is 16.6 Å². The molecule has 0 bridgehead atoms. The molecule has 2 N–H and O–H groups in total. The number of rotatable bonds is 1. The summed E-state index contributed by atoms with van der Waals surface area (Å²) < 4.78 is 13.9. The predicted octanol–water partition coefficient (Wildman–Crippen LogP) is 3.83. The number of nitrogens with two attached hydrogens (primary N) is 1. The Balaban J connectivity index is 3.31. The van der Waals surface area contributed by atoms with Crippen LogP contribution in [-0.4, -0.2) is 0 Å². The van der Waals surface area contributed by atoms with Crippen molar-refractivity contribution >= 4 is 11.6 Å². The van der Waals surface area contributed by atoms with Crippen molar-refractivity contribution in [3.05, 3.63) is 34.1 Å². The van der Waals surface area contributed by atoms with E-state index in [-0.39, 0.29) is 11.2 Å². The lowest BCUT2D eigenvalue weighted by atomic mass is 9.82. The first-order valence-corrected chi connectivity index (χ1v) is 5.33. The van der Waals surface area contributed by atoms with E-state index in [4.69, 9.17) is 17.3 Å². The second-order valence-corrected chi connectivity index (χ2v) is 5.34. The Hall–Kier alpha value is -0.600. The summed E-state index contributed by atoms with van der Waals surface area (Å²) in [6.45, 7) is 7.62. The summed E-state index contributed by atoms with van der Waals surface area (Å²) >= 11 is 5.98. The van der Waals surface area contributed by atoms with Crippen LogP contribution in [0, 0.1) is 18.2 Å². The monoisotopic (exact) mass is 229 g/mol. The highest BCUT2D eigenvalue weighted by atomic mass is 35.5. The third-order valence-corrected chi connectivity index (χ3v) is 2.89. The first kappa shape index (κ1) is 12.5. The minimum atomic E-state index is -0.398. The summed E-state index contributed by atoms with van der Waals surface area (Å²) in [6.07, 6.45) is 0. The van der Waals surface area contributed by atoms with Crippen LogP contribution in [-0.2, 0) is 0 Å². The van der Waals surface area contributed by atoms with E-state index in [0.717, 1.165) is 0 Å². The topological polar surface area (TPSA) is 26.0 Å². The molecule has 1 aromatic carbocycles. The average molecular weight is 230 g/mol. The Morgan fingerprint density at radius 1 is 1.33 bits per heavy atom. The van der Waals surface area contributed by atoms with Gasteiger partial charge < -0.3 is 5.73 Å². The van der Waals surface area contributed by atoms with E-state index in [1.54, 1.807) is 19.1 Å². The normalized spacial score (nSPS) is 14.1. The summed E-state index contributed by atoms with van der Waals surface area (Å²) in [5.41, 5.74) is 6.81. The van der Waals surface area contributed by atoms with Crippen LogP contribution >= 0.6 is 11.6 Å². The van der Waals surface area contributed by atoms with Crippen LogP contribution in [0.1, 0.15) is 37.9 Å². The van der Waals surface area contributed by atoms with Gasteiger partial charge in [0.2, 0.25) is 0 Å². The van der Waals surface area contributed by atoms with Crippen molar-refractivity contribution < 1.29 is 4.39 Å². The van der Waals surface area contributed by atoms with Crippen LogP contribution < -0.4 is 5.73 Å². The molecule has 1 rings (SSSR count). The summed E-state index contributed by atoms with van der Waals surface area (Å²) in [5.74, 6) is -0.287. The van der Waals surface area contributed by atoms with Gasteiger partial charge >= 0.3 is 0 Å². The van der Waals surface area contributed by atoms with E-state index in [9.17, 15) is 4.39 Å². The fourth-order valence-corrected chi connectivity index (χ4v) is 1.66. The molecule has 0 saturated heterocycles. The second-order valence-electron chi connectivity index (χ2n) is 4.94. The Morgan fingerprint density at radius 2 is 1.87 bits per heavy atom. The number of benzene rings is 1. The minimum absolute atomic E-state index is 0.210. The van der Waals surface area contributed by atoms with Crippen LogP contribution in [0.5, 0.6) is 0 Å². The van der Waals surface area contributed by atoms with Gasteiger partial charge in [-0.2, -0.15) is 0 Å². The van der Waals surface area contributed by atoms with Gasteiger partial charge in [0.25, 0.3) is 0 Å². The molecule has 0 heterocycles. The molecule has 0 radical (unpaired) electrons. The zero-order chi connectivity index (χ0) is 11.8. The van der Waals surface area contributed by atoms with E-state index in [1.807, 2.05) is 20.8 Å². The van der Waals surface area contributed by atoms with Crippen molar-refractivity contribution in [1.82, 2.24) is 0 Å². The number of hydrogen-bond acceptors (Lipinski definition) is 1. The van der Waals surface area contributed by atoms with E-state index < -0.39 is 6.04 Å². The highest BCUT2D eigenvalue weighted by Crippen LogP contribution is 2.36. The van der Waals surface area contributed by atoms with E-state index in [2.05, 4.69) is 0 Å². The molecule has 15 heavy (non-hydrogen) atoms. The molecule has 1 nitrogen and oxygen atoms in total. The molecule has 1 atom stereocenters. The molecule has 1 aromatic rings. The van der Waals surface area contributed by atoms with Crippen LogP contribution in [0.3, 0.4) is 0 Å². The molecule has 0 fully saturated rings. The molecular formula is C12H17ClFN. The summed E-state index contributed by atoms with van der Waals surface area (Å²) in [6, 6.07) is 2.96. The summed E-state index contributed by atoms with van der Waals surface area (Å²) in [4.78, 5) is 0. The lowest BCUT2D eigenvalue weighted by Crippen LogP contribution is -2.27. The van der Waals surface area contributed by atoms with Crippen molar-refractivity contribution in [2.45, 2.75) is 33.7 Å². The molecule has 0 aromatic heterocycles. The van der Waals surface area contributed by atoms with Crippen molar-refractivity contribution in [3.8, 4) is 0 Å². The Bertz CT molecular complexity index is 369. The Labute approximate surface area is 95.4 Å². The predicted molar refractivity (Wildman–Crippen MR) is 62.5 cm³/mol. The molecule has 0 saturated carbocycles. The fraction of sp³-hybridized carbons (Fsp3) is 0.500. The van der Waals surface area contributed by atoms with Gasteiger partial charge in [0.05, 0.1) is 0 Å². The maximum absolute atomic E-state index is 13.9. The number of hydrogen-bond donors (Lipinski definition) is 1. The highest BCUT2D eigenvalue weighted by molar-refractivity contribution is 6.31. The third kappa shape index (κ3) is 2.50. The van der Waals surface area contributed by atoms with Crippen LogP contribution in [0.15, 0.2) is 12.1 Å². The van der Waals surface area contributed by atoms with Crippen molar-refractivity contribution in [3.63, 3.8) is 0 Å². The van der Waals surface area contributed by atoms with Crippen molar-refractivity contribution in [1.29, 1.82) is 0 Å². The van der Waals surface area contributed by atoms with Crippen molar-refractivity contribution in [2.24, 2.45) is 11.1 Å². The SMILES string of the molecule is Cc1ccc(Cl)c([C@@H](N)C(C)(C)C)c1F. The third-order valence-electron chi connectivity index (χ3n) is 2.56. The molecule has 0 aliphatic heterocycles.